The molecule has 1 aromatic carbocycles. The van der Waals surface area contributed by atoms with Crippen LogP contribution in [0.3, 0.4) is 0 Å². The van der Waals surface area contributed by atoms with Gasteiger partial charge in [-0.2, -0.15) is 0 Å². The Morgan fingerprint density at radius 3 is 3.05 bits per heavy atom. The van der Waals surface area contributed by atoms with E-state index in [0.717, 1.165) is 27.1 Å². The standard InChI is InChI=1S/C14H15BrN2O2S/c1-3-4-9(2)17-12-7-10(15)5-6-11(12)16-14(17)20-8-13(18)19/h3,5-7,9H,1,4,8H2,2H3,(H,18,19). The Morgan fingerprint density at radius 2 is 2.40 bits per heavy atom. The van der Waals surface area contributed by atoms with Crippen molar-refractivity contribution in [2.45, 2.75) is 24.5 Å². The lowest BCUT2D eigenvalue weighted by atomic mass is 10.2. The number of carboxylic acids is 1. The van der Waals surface area contributed by atoms with Crippen molar-refractivity contribution in [3.05, 3.63) is 35.3 Å². The van der Waals surface area contributed by atoms with Gasteiger partial charge in [-0.15, -0.1) is 6.58 Å². The number of benzene rings is 1. The second-order valence-corrected chi connectivity index (χ2v) is 6.31. The van der Waals surface area contributed by atoms with Crippen LogP contribution in [-0.2, 0) is 4.79 Å². The summed E-state index contributed by atoms with van der Waals surface area (Å²) in [6, 6.07) is 6.06. The van der Waals surface area contributed by atoms with Crippen molar-refractivity contribution in [3.63, 3.8) is 0 Å². The van der Waals surface area contributed by atoms with Crippen LogP contribution in [-0.4, -0.2) is 26.4 Å². The van der Waals surface area contributed by atoms with Crippen LogP contribution in [0.5, 0.6) is 0 Å². The Hall–Kier alpha value is -1.27. The largest absolute Gasteiger partial charge is 0.481 e. The van der Waals surface area contributed by atoms with Crippen molar-refractivity contribution in [2.75, 3.05) is 5.75 Å². The number of aromatic nitrogens is 2. The summed E-state index contributed by atoms with van der Waals surface area (Å²) in [5, 5.41) is 9.58. The molecule has 1 heterocycles. The third-order valence-corrected chi connectivity index (χ3v) is 4.32. The van der Waals surface area contributed by atoms with Crippen molar-refractivity contribution in [1.82, 2.24) is 9.55 Å². The zero-order valence-corrected chi connectivity index (χ0v) is 13.4. The van der Waals surface area contributed by atoms with Gasteiger partial charge in [0.05, 0.1) is 16.8 Å². The SMILES string of the molecule is C=CCC(C)n1c(SCC(=O)O)nc2ccc(Br)cc21. The Morgan fingerprint density at radius 1 is 1.65 bits per heavy atom. The minimum absolute atomic E-state index is 0.00526. The average Bonchev–Trinajstić information content (AvgIpc) is 2.74. The first-order valence-corrected chi connectivity index (χ1v) is 7.93. The van der Waals surface area contributed by atoms with Crippen LogP contribution in [0.15, 0.2) is 40.5 Å². The molecule has 0 bridgehead atoms. The van der Waals surface area contributed by atoms with Gasteiger partial charge in [-0.3, -0.25) is 4.79 Å². The Balaban J connectivity index is 2.50. The van der Waals surface area contributed by atoms with Crippen molar-refractivity contribution in [2.24, 2.45) is 0 Å². The lowest BCUT2D eigenvalue weighted by molar-refractivity contribution is -0.133. The predicted molar refractivity (Wildman–Crippen MR) is 85.3 cm³/mol. The summed E-state index contributed by atoms with van der Waals surface area (Å²) < 4.78 is 3.06. The molecular weight excluding hydrogens is 340 g/mol. The number of fused-ring (bicyclic) bond motifs is 1. The second kappa shape index (κ2) is 6.45. The van der Waals surface area contributed by atoms with Crippen LogP contribution in [0.1, 0.15) is 19.4 Å². The maximum absolute atomic E-state index is 10.8. The molecule has 0 fully saturated rings. The molecule has 0 saturated heterocycles. The molecule has 0 aliphatic rings. The van der Waals surface area contributed by atoms with Crippen LogP contribution in [0, 0.1) is 0 Å². The molecule has 0 aliphatic heterocycles. The second-order valence-electron chi connectivity index (χ2n) is 4.45. The molecule has 0 radical (unpaired) electrons. The lowest BCUT2D eigenvalue weighted by Crippen LogP contribution is -2.07. The van der Waals surface area contributed by atoms with Crippen LogP contribution in [0.25, 0.3) is 11.0 Å². The normalized spacial score (nSPS) is 12.5. The molecular formula is C14H15BrN2O2S. The topological polar surface area (TPSA) is 55.1 Å². The number of imidazole rings is 1. The average molecular weight is 355 g/mol. The molecule has 106 valence electrons. The monoisotopic (exact) mass is 354 g/mol. The van der Waals surface area contributed by atoms with Crippen LogP contribution >= 0.6 is 27.7 Å². The molecule has 6 heteroatoms. The first-order chi connectivity index (χ1) is 9.52. The highest BCUT2D eigenvalue weighted by atomic mass is 79.9. The fourth-order valence-corrected chi connectivity index (χ4v) is 3.23. The molecule has 0 saturated carbocycles. The molecule has 2 rings (SSSR count). The first-order valence-electron chi connectivity index (χ1n) is 6.16. The van der Waals surface area contributed by atoms with E-state index >= 15 is 0 Å². The lowest BCUT2D eigenvalue weighted by Gasteiger charge is -2.15. The van der Waals surface area contributed by atoms with Gasteiger partial charge in [-0.05, 0) is 31.5 Å². The molecule has 1 unspecified atom stereocenters. The van der Waals surface area contributed by atoms with Gasteiger partial charge in [-0.25, -0.2) is 4.98 Å². The number of hydrogen-bond acceptors (Lipinski definition) is 3. The molecule has 0 aliphatic carbocycles. The highest BCUT2D eigenvalue weighted by molar-refractivity contribution is 9.10. The van der Waals surface area contributed by atoms with Gasteiger partial charge in [-0.1, -0.05) is 33.8 Å². The van der Waals surface area contributed by atoms with Crippen molar-refractivity contribution < 1.29 is 9.90 Å². The van der Waals surface area contributed by atoms with Gasteiger partial charge >= 0.3 is 5.97 Å². The number of hydrogen-bond donors (Lipinski definition) is 1. The summed E-state index contributed by atoms with van der Waals surface area (Å²) in [6.45, 7) is 5.85. The summed E-state index contributed by atoms with van der Waals surface area (Å²) in [5.41, 5.74) is 1.87. The molecule has 4 nitrogen and oxygen atoms in total. The Kier molecular flexibility index (Phi) is 4.88. The predicted octanol–water partition coefficient (Wildman–Crippen LogP) is 4.11. The van der Waals surface area contributed by atoms with E-state index in [-0.39, 0.29) is 11.8 Å². The number of allylic oxidation sites excluding steroid dienone is 1. The van der Waals surface area contributed by atoms with E-state index < -0.39 is 5.97 Å². The number of halogens is 1. The van der Waals surface area contributed by atoms with Gasteiger partial charge in [0.15, 0.2) is 5.16 Å². The molecule has 1 N–H and O–H groups in total. The third kappa shape index (κ3) is 3.24. The van der Waals surface area contributed by atoms with Gasteiger partial charge in [0.1, 0.15) is 0 Å². The van der Waals surface area contributed by atoms with E-state index in [1.165, 1.54) is 11.8 Å². The minimum atomic E-state index is -0.842. The number of rotatable bonds is 6. The first kappa shape index (κ1) is 15.1. The molecule has 20 heavy (non-hydrogen) atoms. The zero-order valence-electron chi connectivity index (χ0n) is 11.0. The van der Waals surface area contributed by atoms with Crippen LogP contribution in [0.4, 0.5) is 0 Å². The molecule has 0 amide bonds. The molecule has 1 atom stereocenters. The van der Waals surface area contributed by atoms with Gasteiger partial charge in [0, 0.05) is 10.5 Å². The summed E-state index contributed by atoms with van der Waals surface area (Å²) in [7, 11) is 0. The third-order valence-electron chi connectivity index (χ3n) is 2.89. The highest BCUT2D eigenvalue weighted by Gasteiger charge is 2.16. The van der Waals surface area contributed by atoms with E-state index in [9.17, 15) is 4.79 Å². The number of carbonyl (C=O) groups is 1. The number of thioether (sulfide) groups is 1. The Labute approximate surface area is 130 Å². The fraction of sp³-hybridized carbons (Fsp3) is 0.286. The summed E-state index contributed by atoms with van der Waals surface area (Å²) in [5.74, 6) is -0.836. The van der Waals surface area contributed by atoms with Gasteiger partial charge in [0.25, 0.3) is 0 Å². The minimum Gasteiger partial charge on any atom is -0.481 e. The van der Waals surface area contributed by atoms with E-state index in [1.54, 1.807) is 0 Å². The van der Waals surface area contributed by atoms with Crippen molar-refractivity contribution in [3.8, 4) is 0 Å². The number of aliphatic carboxylic acids is 1. The maximum Gasteiger partial charge on any atom is 0.313 e. The maximum atomic E-state index is 10.8. The zero-order chi connectivity index (χ0) is 14.7. The smallest absolute Gasteiger partial charge is 0.313 e. The summed E-state index contributed by atoms with van der Waals surface area (Å²) in [6.07, 6.45) is 2.67. The van der Waals surface area contributed by atoms with Gasteiger partial charge in [0.2, 0.25) is 0 Å². The van der Waals surface area contributed by atoms with E-state index in [0.29, 0.717) is 0 Å². The van der Waals surface area contributed by atoms with E-state index in [4.69, 9.17) is 5.11 Å². The van der Waals surface area contributed by atoms with E-state index in [2.05, 4.69) is 39.0 Å². The van der Waals surface area contributed by atoms with E-state index in [1.807, 2.05) is 24.3 Å². The summed E-state index contributed by atoms with van der Waals surface area (Å²) in [4.78, 5) is 15.3. The molecule has 0 spiro atoms. The summed E-state index contributed by atoms with van der Waals surface area (Å²) >= 11 is 4.71. The quantitative estimate of drug-likeness (QED) is 0.626. The fourth-order valence-electron chi connectivity index (χ4n) is 2.04. The van der Waals surface area contributed by atoms with Crippen LogP contribution in [0.2, 0.25) is 0 Å². The highest BCUT2D eigenvalue weighted by Crippen LogP contribution is 2.30. The van der Waals surface area contributed by atoms with Crippen molar-refractivity contribution in [1.29, 1.82) is 0 Å². The van der Waals surface area contributed by atoms with Gasteiger partial charge < -0.3 is 9.67 Å². The Bertz CT molecular complexity index is 654. The molecule has 1 aromatic heterocycles. The number of carboxylic acid groups (broad SMARTS) is 1. The van der Waals surface area contributed by atoms with Crippen LogP contribution < -0.4 is 0 Å². The number of nitrogens with zero attached hydrogens (tertiary/aromatic N) is 2. The molecule has 2 aromatic rings. The van der Waals surface area contributed by atoms with Crippen molar-refractivity contribution >= 4 is 44.7 Å².